The summed E-state index contributed by atoms with van der Waals surface area (Å²) in [5.41, 5.74) is 0.694. The van der Waals surface area contributed by atoms with Gasteiger partial charge in [0.2, 0.25) is 11.8 Å². The molecular weight excluding hydrogens is 348 g/mol. The molecule has 7 heteroatoms. The van der Waals surface area contributed by atoms with Crippen LogP contribution in [0.2, 0.25) is 0 Å². The standard InChI is InChI=1S/C20H28N2O5/c1-2-3-4-7-18(24)22-12-5-6-17(22)19(25)21-16(20(26)27)13-14-8-10-15(23)11-9-14/h8-11,16-17,23H,2-7,12-13H2,1H3,(H,21,25)(H,26,27)/t16-,17+/m1/s1. The van der Waals surface area contributed by atoms with E-state index < -0.39 is 24.0 Å². The van der Waals surface area contributed by atoms with Gasteiger partial charge in [0.1, 0.15) is 17.8 Å². The highest BCUT2D eigenvalue weighted by atomic mass is 16.4. The molecule has 0 spiro atoms. The van der Waals surface area contributed by atoms with Crippen LogP contribution in [0.25, 0.3) is 0 Å². The fourth-order valence-corrected chi connectivity index (χ4v) is 3.34. The third kappa shape index (κ3) is 5.98. The Morgan fingerprint density at radius 1 is 1.22 bits per heavy atom. The van der Waals surface area contributed by atoms with E-state index in [1.165, 1.54) is 12.1 Å². The summed E-state index contributed by atoms with van der Waals surface area (Å²) < 4.78 is 0. The lowest BCUT2D eigenvalue weighted by molar-refractivity contribution is -0.143. The van der Waals surface area contributed by atoms with Gasteiger partial charge in [-0.2, -0.15) is 0 Å². The SMILES string of the molecule is CCCCCC(=O)N1CCC[C@H]1C(=O)N[C@H](Cc1ccc(O)cc1)C(=O)O. The van der Waals surface area contributed by atoms with Crippen LogP contribution in [0.3, 0.4) is 0 Å². The molecule has 1 heterocycles. The number of carboxylic acid groups (broad SMARTS) is 1. The molecule has 1 aromatic carbocycles. The van der Waals surface area contributed by atoms with Gasteiger partial charge in [-0.3, -0.25) is 9.59 Å². The topological polar surface area (TPSA) is 107 Å². The highest BCUT2D eigenvalue weighted by Crippen LogP contribution is 2.20. The van der Waals surface area contributed by atoms with E-state index in [9.17, 15) is 24.6 Å². The van der Waals surface area contributed by atoms with Crippen molar-refractivity contribution in [3.8, 4) is 5.75 Å². The van der Waals surface area contributed by atoms with Crippen LogP contribution in [0.1, 0.15) is 51.0 Å². The van der Waals surface area contributed by atoms with Crippen LogP contribution in [0.15, 0.2) is 24.3 Å². The van der Waals surface area contributed by atoms with E-state index >= 15 is 0 Å². The maximum Gasteiger partial charge on any atom is 0.326 e. The minimum Gasteiger partial charge on any atom is -0.508 e. The van der Waals surface area contributed by atoms with E-state index in [2.05, 4.69) is 12.2 Å². The number of carbonyl (C=O) groups excluding carboxylic acids is 2. The molecule has 1 aromatic rings. The molecule has 2 rings (SSSR count). The zero-order valence-corrected chi connectivity index (χ0v) is 15.7. The van der Waals surface area contributed by atoms with E-state index in [-0.39, 0.29) is 18.1 Å². The zero-order chi connectivity index (χ0) is 19.8. The minimum absolute atomic E-state index is 0.0356. The van der Waals surface area contributed by atoms with Crippen molar-refractivity contribution in [1.82, 2.24) is 10.2 Å². The summed E-state index contributed by atoms with van der Waals surface area (Å²) in [5, 5.41) is 21.4. The summed E-state index contributed by atoms with van der Waals surface area (Å²) in [4.78, 5) is 38.2. The van der Waals surface area contributed by atoms with Gasteiger partial charge >= 0.3 is 5.97 Å². The number of benzene rings is 1. The van der Waals surface area contributed by atoms with Crippen LogP contribution in [-0.2, 0) is 20.8 Å². The number of likely N-dealkylation sites (tertiary alicyclic amines) is 1. The normalized spacial score (nSPS) is 17.5. The number of aliphatic carboxylic acids is 1. The highest BCUT2D eigenvalue weighted by Gasteiger charge is 2.35. The number of hydrogen-bond acceptors (Lipinski definition) is 4. The molecule has 3 N–H and O–H groups in total. The summed E-state index contributed by atoms with van der Waals surface area (Å²) >= 11 is 0. The molecule has 0 aliphatic carbocycles. The second-order valence-corrected chi connectivity index (χ2v) is 6.97. The second-order valence-electron chi connectivity index (χ2n) is 6.97. The van der Waals surface area contributed by atoms with Crippen LogP contribution in [0.4, 0.5) is 0 Å². The van der Waals surface area contributed by atoms with Crippen LogP contribution in [0.5, 0.6) is 5.75 Å². The number of amides is 2. The van der Waals surface area contributed by atoms with Gasteiger partial charge in [-0.1, -0.05) is 31.9 Å². The molecule has 0 radical (unpaired) electrons. The average Bonchev–Trinajstić information content (AvgIpc) is 3.13. The number of hydrogen-bond donors (Lipinski definition) is 3. The van der Waals surface area contributed by atoms with Crippen molar-refractivity contribution in [3.63, 3.8) is 0 Å². The average molecular weight is 376 g/mol. The maximum atomic E-state index is 12.6. The Labute approximate surface area is 159 Å². The van der Waals surface area contributed by atoms with Gasteiger partial charge < -0.3 is 20.4 Å². The molecule has 0 aromatic heterocycles. The predicted molar refractivity (Wildman–Crippen MR) is 100 cm³/mol. The first-order valence-electron chi connectivity index (χ1n) is 9.53. The van der Waals surface area contributed by atoms with Crippen LogP contribution in [0, 0.1) is 0 Å². The van der Waals surface area contributed by atoms with Gasteiger partial charge in [0, 0.05) is 19.4 Å². The van der Waals surface area contributed by atoms with Gasteiger partial charge in [-0.15, -0.1) is 0 Å². The molecule has 2 atom stereocenters. The number of unbranched alkanes of at least 4 members (excludes halogenated alkanes) is 2. The molecule has 27 heavy (non-hydrogen) atoms. The number of carboxylic acids is 1. The van der Waals surface area contributed by atoms with Crippen LogP contribution < -0.4 is 5.32 Å². The lowest BCUT2D eigenvalue weighted by Crippen LogP contribution is -2.51. The quantitative estimate of drug-likeness (QED) is 0.572. The van der Waals surface area contributed by atoms with Crippen molar-refractivity contribution in [2.45, 2.75) is 64.0 Å². The molecule has 7 nitrogen and oxygen atoms in total. The Bertz CT molecular complexity index is 659. The van der Waals surface area contributed by atoms with Crippen LogP contribution in [-0.4, -0.2) is 51.5 Å². The molecule has 1 fully saturated rings. The first-order valence-corrected chi connectivity index (χ1v) is 9.53. The Balaban J connectivity index is 1.98. The van der Waals surface area contributed by atoms with Crippen molar-refractivity contribution in [1.29, 1.82) is 0 Å². The van der Waals surface area contributed by atoms with Crippen molar-refractivity contribution < 1.29 is 24.6 Å². The monoisotopic (exact) mass is 376 g/mol. The first-order chi connectivity index (χ1) is 12.9. The number of nitrogens with one attached hydrogen (secondary N) is 1. The summed E-state index contributed by atoms with van der Waals surface area (Å²) in [6.45, 7) is 2.61. The fourth-order valence-electron chi connectivity index (χ4n) is 3.34. The molecule has 1 aliphatic heterocycles. The number of phenols is 1. The van der Waals surface area contributed by atoms with Crippen molar-refractivity contribution in [3.05, 3.63) is 29.8 Å². The summed E-state index contributed by atoms with van der Waals surface area (Å²) in [7, 11) is 0. The van der Waals surface area contributed by atoms with E-state index in [0.717, 1.165) is 25.7 Å². The molecule has 0 unspecified atom stereocenters. The van der Waals surface area contributed by atoms with E-state index in [1.807, 2.05) is 0 Å². The van der Waals surface area contributed by atoms with Crippen molar-refractivity contribution >= 4 is 17.8 Å². The molecule has 0 saturated carbocycles. The second kappa shape index (κ2) is 9.94. The van der Waals surface area contributed by atoms with Gasteiger partial charge in [-0.05, 0) is 37.0 Å². The minimum atomic E-state index is -1.13. The number of rotatable bonds is 9. The van der Waals surface area contributed by atoms with E-state index in [0.29, 0.717) is 24.9 Å². The van der Waals surface area contributed by atoms with Crippen molar-refractivity contribution in [2.24, 2.45) is 0 Å². The summed E-state index contributed by atoms with van der Waals surface area (Å²) in [5.74, 6) is -1.48. The lowest BCUT2D eigenvalue weighted by Gasteiger charge is -2.25. The molecule has 0 bridgehead atoms. The summed E-state index contributed by atoms with van der Waals surface area (Å²) in [6, 6.07) is 4.51. The number of nitrogens with zero attached hydrogens (tertiary/aromatic N) is 1. The molecule has 148 valence electrons. The smallest absolute Gasteiger partial charge is 0.326 e. The molecule has 1 saturated heterocycles. The largest absolute Gasteiger partial charge is 0.508 e. The molecular formula is C20H28N2O5. The lowest BCUT2D eigenvalue weighted by atomic mass is 10.0. The molecule has 2 amide bonds. The summed E-state index contributed by atoms with van der Waals surface area (Å²) in [6.07, 6.45) is 4.63. The Hall–Kier alpha value is -2.57. The zero-order valence-electron chi connectivity index (χ0n) is 15.7. The van der Waals surface area contributed by atoms with Gasteiger partial charge in [0.25, 0.3) is 0 Å². The van der Waals surface area contributed by atoms with Crippen molar-refractivity contribution in [2.75, 3.05) is 6.54 Å². The number of phenolic OH excluding ortho intramolecular Hbond substituents is 1. The van der Waals surface area contributed by atoms with E-state index in [4.69, 9.17) is 0 Å². The maximum absolute atomic E-state index is 12.6. The third-order valence-electron chi connectivity index (χ3n) is 4.86. The predicted octanol–water partition coefficient (Wildman–Crippen LogP) is 2.08. The van der Waals surface area contributed by atoms with Gasteiger partial charge in [0.05, 0.1) is 0 Å². The van der Waals surface area contributed by atoms with Gasteiger partial charge in [0.15, 0.2) is 0 Å². The third-order valence-corrected chi connectivity index (χ3v) is 4.86. The van der Waals surface area contributed by atoms with E-state index in [1.54, 1.807) is 17.0 Å². The Morgan fingerprint density at radius 2 is 1.93 bits per heavy atom. The first kappa shape index (κ1) is 20.7. The molecule has 1 aliphatic rings. The Kier molecular flexibility index (Phi) is 7.64. The highest BCUT2D eigenvalue weighted by molar-refractivity contribution is 5.91. The number of carbonyl (C=O) groups is 3. The van der Waals surface area contributed by atoms with Crippen LogP contribution >= 0.6 is 0 Å². The Morgan fingerprint density at radius 3 is 2.56 bits per heavy atom. The fraction of sp³-hybridized carbons (Fsp3) is 0.550. The number of aromatic hydroxyl groups is 1. The van der Waals surface area contributed by atoms with Gasteiger partial charge in [-0.25, -0.2) is 4.79 Å².